The summed E-state index contributed by atoms with van der Waals surface area (Å²) < 4.78 is 6.06. The molecule has 2 N–H and O–H groups in total. The smallest absolute Gasteiger partial charge is 0.237 e. The van der Waals surface area contributed by atoms with Gasteiger partial charge in [0.05, 0.1) is 10.8 Å². The van der Waals surface area contributed by atoms with Crippen LogP contribution in [0, 0.1) is 11.3 Å². The number of nitriles is 1. The van der Waals surface area contributed by atoms with Gasteiger partial charge in [0.15, 0.2) is 5.82 Å². The van der Waals surface area contributed by atoms with E-state index in [0.29, 0.717) is 37.9 Å². The van der Waals surface area contributed by atoms with Crippen LogP contribution in [0.4, 0.5) is 5.88 Å². The van der Waals surface area contributed by atoms with Crippen molar-refractivity contribution in [3.05, 3.63) is 94.5 Å². The fourth-order valence-corrected chi connectivity index (χ4v) is 4.80. The molecular weight excluding hydrogens is 529 g/mol. The van der Waals surface area contributed by atoms with Crippen molar-refractivity contribution in [3.63, 3.8) is 0 Å². The number of anilines is 1. The number of H-pyrrole nitrogens is 1. The number of thioether (sulfide) groups is 1. The fraction of sp³-hybridized carbons (Fsp3) is 0.0370. The van der Waals surface area contributed by atoms with E-state index in [9.17, 15) is 10.1 Å². The van der Waals surface area contributed by atoms with Crippen LogP contribution in [0.3, 0.4) is 0 Å². The lowest BCUT2D eigenvalue weighted by atomic mass is 9.98. The van der Waals surface area contributed by atoms with Gasteiger partial charge in [0.1, 0.15) is 17.4 Å². The lowest BCUT2D eigenvalue weighted by Gasteiger charge is -2.03. The maximum absolute atomic E-state index is 12.8. The summed E-state index contributed by atoms with van der Waals surface area (Å²) in [5.74, 6) is 0.686. The Labute approximate surface area is 226 Å². The van der Waals surface area contributed by atoms with E-state index in [1.165, 1.54) is 0 Å². The van der Waals surface area contributed by atoms with Crippen molar-refractivity contribution in [2.45, 2.75) is 5.16 Å². The summed E-state index contributed by atoms with van der Waals surface area (Å²) >= 11 is 13.3. The van der Waals surface area contributed by atoms with Crippen LogP contribution in [0.2, 0.25) is 10.0 Å². The van der Waals surface area contributed by atoms with Crippen LogP contribution in [0.15, 0.2) is 88.4 Å². The van der Waals surface area contributed by atoms with E-state index in [2.05, 4.69) is 26.6 Å². The van der Waals surface area contributed by atoms with Crippen molar-refractivity contribution in [2.24, 2.45) is 0 Å². The van der Waals surface area contributed by atoms with Crippen molar-refractivity contribution in [2.75, 3.05) is 11.1 Å². The first-order chi connectivity index (χ1) is 18.0. The van der Waals surface area contributed by atoms with Crippen LogP contribution < -0.4 is 5.32 Å². The van der Waals surface area contributed by atoms with Crippen molar-refractivity contribution < 1.29 is 9.21 Å². The minimum atomic E-state index is -0.370. The molecule has 0 bridgehead atoms. The predicted octanol–water partition coefficient (Wildman–Crippen LogP) is 7.31. The second-order valence-corrected chi connectivity index (χ2v) is 9.57. The maximum atomic E-state index is 12.8. The monoisotopic (exact) mass is 545 g/mol. The van der Waals surface area contributed by atoms with E-state index in [0.717, 1.165) is 22.9 Å². The Morgan fingerprint density at radius 2 is 1.73 bits per heavy atom. The number of furan rings is 1. The highest BCUT2D eigenvalue weighted by atomic mass is 35.5. The first-order valence-electron chi connectivity index (χ1n) is 11.0. The zero-order chi connectivity index (χ0) is 25.8. The van der Waals surface area contributed by atoms with Crippen LogP contribution in [0.5, 0.6) is 0 Å². The van der Waals surface area contributed by atoms with Crippen molar-refractivity contribution in [1.82, 2.24) is 15.2 Å². The SMILES string of the molecule is N#Cc1c(NC(=O)CSc2n[nH]c(-c3ccc(Cl)cc3Cl)n2)oc(-c2ccccc2)c1-c1ccccc1. The topological polar surface area (TPSA) is 108 Å². The molecule has 2 aromatic heterocycles. The summed E-state index contributed by atoms with van der Waals surface area (Å²) in [4.78, 5) is 17.2. The van der Waals surface area contributed by atoms with Crippen molar-refractivity contribution in [3.8, 4) is 39.9 Å². The lowest BCUT2D eigenvalue weighted by molar-refractivity contribution is -0.113. The van der Waals surface area contributed by atoms with E-state index < -0.39 is 0 Å². The number of aromatic amines is 1. The molecule has 0 saturated heterocycles. The third kappa shape index (κ3) is 5.39. The summed E-state index contributed by atoms with van der Waals surface area (Å²) in [6, 6.07) is 26.2. The molecule has 0 saturated carbocycles. The fourth-order valence-electron chi connectivity index (χ4n) is 3.70. The van der Waals surface area contributed by atoms with Gasteiger partial charge < -0.3 is 4.42 Å². The highest BCUT2D eigenvalue weighted by Gasteiger charge is 2.24. The highest BCUT2D eigenvalue weighted by Crippen LogP contribution is 2.41. The number of hydrogen-bond acceptors (Lipinski definition) is 6. The number of nitrogens with zero attached hydrogens (tertiary/aromatic N) is 3. The van der Waals surface area contributed by atoms with Crippen molar-refractivity contribution >= 4 is 46.8 Å². The highest BCUT2D eigenvalue weighted by molar-refractivity contribution is 7.99. The van der Waals surface area contributed by atoms with Gasteiger partial charge in [0.2, 0.25) is 16.9 Å². The van der Waals surface area contributed by atoms with E-state index in [-0.39, 0.29) is 23.1 Å². The molecule has 3 aromatic carbocycles. The molecule has 0 aliphatic heterocycles. The summed E-state index contributed by atoms with van der Waals surface area (Å²) in [6.07, 6.45) is 0. The number of carbonyl (C=O) groups is 1. The molecule has 0 atom stereocenters. The van der Waals surface area contributed by atoms with Gasteiger partial charge in [-0.05, 0) is 23.8 Å². The molecule has 0 fully saturated rings. The van der Waals surface area contributed by atoms with Gasteiger partial charge in [0, 0.05) is 21.7 Å². The van der Waals surface area contributed by atoms with Crippen LogP contribution in [-0.2, 0) is 4.79 Å². The Kier molecular flexibility index (Phi) is 7.28. The number of rotatable bonds is 7. The average Bonchev–Trinajstić information content (AvgIpc) is 3.53. The summed E-state index contributed by atoms with van der Waals surface area (Å²) in [5.41, 5.74) is 3.12. The van der Waals surface area contributed by atoms with Gasteiger partial charge in [-0.2, -0.15) is 5.26 Å². The molecule has 0 aliphatic carbocycles. The number of benzene rings is 3. The molecule has 0 radical (unpaired) electrons. The van der Waals surface area contributed by atoms with Gasteiger partial charge in [-0.25, -0.2) is 4.98 Å². The largest absolute Gasteiger partial charge is 0.438 e. The number of amides is 1. The first kappa shape index (κ1) is 24.7. The lowest BCUT2D eigenvalue weighted by Crippen LogP contribution is -2.14. The summed E-state index contributed by atoms with van der Waals surface area (Å²) in [5, 5.41) is 21.0. The Morgan fingerprint density at radius 1 is 1.03 bits per heavy atom. The molecule has 7 nitrogen and oxygen atoms in total. The standard InChI is InChI=1S/C27H17Cl2N5O2S/c28-18-11-12-19(21(29)13-18)25-32-27(34-33-25)37-15-22(35)31-26-20(14-30)23(16-7-3-1-4-8-16)24(36-26)17-9-5-2-6-10-17/h1-13H,15H2,(H,31,35)(H,32,33,34). The quantitative estimate of drug-likeness (QED) is 0.207. The predicted molar refractivity (Wildman–Crippen MR) is 145 cm³/mol. The normalized spacial score (nSPS) is 10.7. The third-order valence-electron chi connectivity index (χ3n) is 5.35. The van der Waals surface area contributed by atoms with Gasteiger partial charge in [-0.1, -0.05) is 95.6 Å². The van der Waals surface area contributed by atoms with E-state index in [4.69, 9.17) is 27.6 Å². The minimum absolute atomic E-state index is 0.00144. The molecule has 5 rings (SSSR count). The number of hydrogen-bond donors (Lipinski definition) is 2. The van der Waals surface area contributed by atoms with E-state index in [1.54, 1.807) is 18.2 Å². The zero-order valence-corrected chi connectivity index (χ0v) is 21.4. The van der Waals surface area contributed by atoms with E-state index >= 15 is 0 Å². The molecule has 1 amide bonds. The number of aromatic nitrogens is 3. The molecule has 0 unspecified atom stereocenters. The minimum Gasteiger partial charge on any atom is -0.438 e. The zero-order valence-electron chi connectivity index (χ0n) is 19.0. The first-order valence-corrected chi connectivity index (χ1v) is 12.8. The molecular formula is C27H17Cl2N5O2S. The molecule has 0 spiro atoms. The Hall–Kier alpha value is -4.03. The molecule has 182 valence electrons. The maximum Gasteiger partial charge on any atom is 0.237 e. The Balaban J connectivity index is 1.36. The van der Waals surface area contributed by atoms with Gasteiger partial charge in [-0.3, -0.25) is 15.2 Å². The Bertz CT molecular complexity index is 1610. The molecule has 10 heteroatoms. The van der Waals surface area contributed by atoms with Crippen LogP contribution in [-0.4, -0.2) is 26.8 Å². The van der Waals surface area contributed by atoms with Gasteiger partial charge in [0.25, 0.3) is 0 Å². The summed E-state index contributed by atoms with van der Waals surface area (Å²) in [7, 11) is 0. The molecule has 37 heavy (non-hydrogen) atoms. The molecule has 0 aliphatic rings. The van der Waals surface area contributed by atoms with Crippen LogP contribution >= 0.6 is 35.0 Å². The van der Waals surface area contributed by atoms with Crippen LogP contribution in [0.25, 0.3) is 33.8 Å². The van der Waals surface area contributed by atoms with Gasteiger partial charge in [-0.15, -0.1) is 5.10 Å². The van der Waals surface area contributed by atoms with Crippen LogP contribution in [0.1, 0.15) is 5.56 Å². The molecule has 5 aromatic rings. The number of nitrogens with one attached hydrogen (secondary N) is 2. The van der Waals surface area contributed by atoms with Crippen molar-refractivity contribution in [1.29, 1.82) is 5.26 Å². The number of carbonyl (C=O) groups excluding carboxylic acids is 1. The van der Waals surface area contributed by atoms with Gasteiger partial charge >= 0.3 is 0 Å². The number of halogens is 2. The second-order valence-electron chi connectivity index (χ2n) is 7.78. The third-order valence-corrected chi connectivity index (χ3v) is 6.75. The van der Waals surface area contributed by atoms with E-state index in [1.807, 2.05) is 60.7 Å². The molecule has 2 heterocycles. The Morgan fingerprint density at radius 3 is 2.41 bits per heavy atom. The second kappa shape index (κ2) is 10.9. The summed E-state index contributed by atoms with van der Waals surface area (Å²) in [6.45, 7) is 0. The average molecular weight is 546 g/mol.